The molecule has 1 saturated heterocycles. The van der Waals surface area contributed by atoms with Crippen LogP contribution in [0.4, 0.5) is 0 Å². The molecule has 2 fully saturated rings. The molecule has 0 aromatic heterocycles. The molecular weight excluding hydrogens is 296 g/mol. The van der Waals surface area contributed by atoms with Crippen molar-refractivity contribution in [3.8, 4) is 11.1 Å². The van der Waals surface area contributed by atoms with Crippen molar-refractivity contribution in [3.63, 3.8) is 0 Å². The molecule has 0 bridgehead atoms. The fourth-order valence-corrected chi connectivity index (χ4v) is 4.16. The number of benzene rings is 2. The topological polar surface area (TPSA) is 46.3 Å². The molecule has 2 aromatic carbocycles. The second-order valence-corrected chi connectivity index (χ2v) is 7.34. The summed E-state index contributed by atoms with van der Waals surface area (Å²) >= 11 is 0. The zero-order chi connectivity index (χ0) is 16.8. The standard InChI is InChI=1S/C21H24N2O/c1-13-4-3-5-15(8-13)18-9-14(2)6-7-17(18)21(24)23-12-16-10-19(16)20(23)11-22/h3-9,16,19-20H,10-12,22H2,1-2H3/t16-,19-,20-/m1/s1. The fraction of sp³-hybridized carbons (Fsp3) is 0.381. The minimum atomic E-state index is 0.133. The molecule has 1 heterocycles. The molecule has 0 radical (unpaired) electrons. The third-order valence-electron chi connectivity index (χ3n) is 5.54. The van der Waals surface area contributed by atoms with Crippen LogP contribution in [-0.2, 0) is 0 Å². The number of aryl methyl sites for hydroxylation is 2. The maximum atomic E-state index is 13.2. The third kappa shape index (κ3) is 2.53. The van der Waals surface area contributed by atoms with Crippen molar-refractivity contribution >= 4 is 5.91 Å². The summed E-state index contributed by atoms with van der Waals surface area (Å²) in [5.74, 6) is 1.44. The van der Waals surface area contributed by atoms with E-state index in [0.29, 0.717) is 18.4 Å². The Morgan fingerprint density at radius 3 is 2.71 bits per heavy atom. The van der Waals surface area contributed by atoms with Crippen molar-refractivity contribution in [2.24, 2.45) is 17.6 Å². The highest BCUT2D eigenvalue weighted by Gasteiger charge is 2.53. The van der Waals surface area contributed by atoms with Gasteiger partial charge in [-0.1, -0.05) is 47.5 Å². The number of amides is 1. The molecular formula is C21H24N2O. The van der Waals surface area contributed by atoms with E-state index in [4.69, 9.17) is 5.73 Å². The van der Waals surface area contributed by atoms with Crippen LogP contribution in [0.15, 0.2) is 42.5 Å². The summed E-state index contributed by atoms with van der Waals surface area (Å²) in [6, 6.07) is 14.7. The zero-order valence-corrected chi connectivity index (χ0v) is 14.3. The van der Waals surface area contributed by atoms with Crippen LogP contribution < -0.4 is 5.73 Å². The molecule has 24 heavy (non-hydrogen) atoms. The van der Waals surface area contributed by atoms with Gasteiger partial charge in [0, 0.05) is 24.7 Å². The fourth-order valence-electron chi connectivity index (χ4n) is 4.16. The average molecular weight is 320 g/mol. The molecule has 1 amide bonds. The molecule has 1 aliphatic heterocycles. The number of nitrogens with zero attached hydrogens (tertiary/aromatic N) is 1. The number of fused-ring (bicyclic) bond motifs is 1. The second kappa shape index (κ2) is 5.75. The van der Waals surface area contributed by atoms with Crippen LogP contribution in [-0.4, -0.2) is 29.9 Å². The minimum absolute atomic E-state index is 0.133. The van der Waals surface area contributed by atoms with Crippen LogP contribution in [0.3, 0.4) is 0 Å². The largest absolute Gasteiger partial charge is 0.334 e. The van der Waals surface area contributed by atoms with Gasteiger partial charge in [-0.25, -0.2) is 0 Å². The van der Waals surface area contributed by atoms with Crippen LogP contribution in [0.25, 0.3) is 11.1 Å². The first-order valence-corrected chi connectivity index (χ1v) is 8.77. The van der Waals surface area contributed by atoms with Gasteiger partial charge in [-0.15, -0.1) is 0 Å². The van der Waals surface area contributed by atoms with Gasteiger partial charge in [0.15, 0.2) is 0 Å². The first kappa shape index (κ1) is 15.4. The Bertz CT molecular complexity index is 798. The summed E-state index contributed by atoms with van der Waals surface area (Å²) in [6.07, 6.45) is 1.24. The Morgan fingerprint density at radius 1 is 1.17 bits per heavy atom. The number of rotatable bonds is 3. The average Bonchev–Trinajstić information content (AvgIpc) is 3.25. The number of hydrogen-bond acceptors (Lipinski definition) is 2. The Hall–Kier alpha value is -2.13. The molecule has 3 nitrogen and oxygen atoms in total. The number of nitrogens with two attached hydrogens (primary N) is 1. The van der Waals surface area contributed by atoms with Crippen LogP contribution in [0.5, 0.6) is 0 Å². The molecule has 0 unspecified atom stereocenters. The Morgan fingerprint density at radius 2 is 1.96 bits per heavy atom. The normalized spacial score (nSPS) is 24.8. The smallest absolute Gasteiger partial charge is 0.254 e. The summed E-state index contributed by atoms with van der Waals surface area (Å²) in [7, 11) is 0. The third-order valence-corrected chi connectivity index (χ3v) is 5.54. The van der Waals surface area contributed by atoms with E-state index in [0.717, 1.165) is 23.2 Å². The highest BCUT2D eigenvalue weighted by Crippen LogP contribution is 2.49. The van der Waals surface area contributed by atoms with Crippen molar-refractivity contribution in [2.45, 2.75) is 26.3 Å². The van der Waals surface area contributed by atoms with E-state index in [1.807, 2.05) is 17.0 Å². The molecule has 124 valence electrons. The quantitative estimate of drug-likeness (QED) is 0.942. The number of likely N-dealkylation sites (tertiary alicyclic amines) is 1. The molecule has 1 saturated carbocycles. The van der Waals surface area contributed by atoms with Crippen LogP contribution in [0, 0.1) is 25.7 Å². The highest BCUT2D eigenvalue weighted by molar-refractivity contribution is 6.01. The van der Waals surface area contributed by atoms with Gasteiger partial charge in [0.25, 0.3) is 5.91 Å². The van der Waals surface area contributed by atoms with Gasteiger partial charge in [-0.3, -0.25) is 4.79 Å². The molecule has 2 N–H and O–H groups in total. The lowest BCUT2D eigenvalue weighted by atomic mass is 9.95. The molecule has 4 rings (SSSR count). The lowest BCUT2D eigenvalue weighted by Crippen LogP contribution is -2.42. The zero-order valence-electron chi connectivity index (χ0n) is 14.3. The Kier molecular flexibility index (Phi) is 3.69. The van der Waals surface area contributed by atoms with Crippen molar-refractivity contribution in [1.29, 1.82) is 0 Å². The summed E-state index contributed by atoms with van der Waals surface area (Å²) < 4.78 is 0. The number of carbonyl (C=O) groups is 1. The second-order valence-electron chi connectivity index (χ2n) is 7.34. The summed E-state index contributed by atoms with van der Waals surface area (Å²) in [6.45, 7) is 5.59. The van der Waals surface area contributed by atoms with E-state index >= 15 is 0 Å². The molecule has 2 aliphatic rings. The molecule has 3 atom stereocenters. The Balaban J connectivity index is 1.74. The van der Waals surface area contributed by atoms with Gasteiger partial charge in [-0.2, -0.15) is 0 Å². The summed E-state index contributed by atoms with van der Waals surface area (Å²) in [5, 5.41) is 0. The van der Waals surface area contributed by atoms with E-state index in [9.17, 15) is 4.79 Å². The minimum Gasteiger partial charge on any atom is -0.334 e. The molecule has 1 aliphatic carbocycles. The lowest BCUT2D eigenvalue weighted by molar-refractivity contribution is 0.0713. The summed E-state index contributed by atoms with van der Waals surface area (Å²) in [4.78, 5) is 15.3. The van der Waals surface area contributed by atoms with E-state index in [2.05, 4.69) is 44.2 Å². The van der Waals surface area contributed by atoms with Gasteiger partial charge in [0.2, 0.25) is 0 Å². The molecule has 3 heteroatoms. The molecule has 0 spiro atoms. The van der Waals surface area contributed by atoms with Crippen molar-refractivity contribution < 1.29 is 4.79 Å². The van der Waals surface area contributed by atoms with Gasteiger partial charge in [0.1, 0.15) is 0 Å². The maximum Gasteiger partial charge on any atom is 0.254 e. The number of carbonyl (C=O) groups excluding carboxylic acids is 1. The van der Waals surface area contributed by atoms with Crippen LogP contribution >= 0.6 is 0 Å². The van der Waals surface area contributed by atoms with E-state index < -0.39 is 0 Å². The SMILES string of the molecule is Cc1cccc(-c2cc(C)ccc2C(=O)N2C[C@H]3C[C@H]3[C@H]2CN)c1. The predicted molar refractivity (Wildman–Crippen MR) is 96.8 cm³/mol. The predicted octanol–water partition coefficient (Wildman–Crippen LogP) is 3.39. The summed E-state index contributed by atoms with van der Waals surface area (Å²) in [5.41, 5.74) is 11.3. The van der Waals surface area contributed by atoms with Gasteiger partial charge in [-0.05, 0) is 49.3 Å². The van der Waals surface area contributed by atoms with Crippen molar-refractivity contribution in [2.75, 3.05) is 13.1 Å². The Labute approximate surface area is 143 Å². The van der Waals surface area contributed by atoms with E-state index in [-0.39, 0.29) is 11.9 Å². The number of hydrogen-bond donors (Lipinski definition) is 1. The first-order valence-electron chi connectivity index (χ1n) is 8.77. The van der Waals surface area contributed by atoms with Crippen LogP contribution in [0.2, 0.25) is 0 Å². The van der Waals surface area contributed by atoms with Crippen LogP contribution in [0.1, 0.15) is 27.9 Å². The first-order chi connectivity index (χ1) is 11.6. The van der Waals surface area contributed by atoms with E-state index in [1.54, 1.807) is 0 Å². The maximum absolute atomic E-state index is 13.2. The number of piperidine rings is 1. The van der Waals surface area contributed by atoms with Gasteiger partial charge < -0.3 is 10.6 Å². The van der Waals surface area contributed by atoms with E-state index in [1.165, 1.54) is 17.5 Å². The molecule has 2 aromatic rings. The van der Waals surface area contributed by atoms with Crippen molar-refractivity contribution in [1.82, 2.24) is 4.90 Å². The van der Waals surface area contributed by atoms with Crippen molar-refractivity contribution in [3.05, 3.63) is 59.2 Å². The van der Waals surface area contributed by atoms with Gasteiger partial charge >= 0.3 is 0 Å². The monoisotopic (exact) mass is 320 g/mol. The lowest BCUT2D eigenvalue weighted by Gasteiger charge is -2.27. The van der Waals surface area contributed by atoms with Gasteiger partial charge in [0.05, 0.1) is 0 Å². The highest BCUT2D eigenvalue weighted by atomic mass is 16.2.